The summed E-state index contributed by atoms with van der Waals surface area (Å²) in [5.74, 6) is -0.361. The molecule has 4 rings (SSSR count). The quantitative estimate of drug-likeness (QED) is 0.715. The molecule has 7 heteroatoms. The molecule has 1 saturated heterocycles. The number of aliphatic hydroxyl groups excluding tert-OH is 1. The summed E-state index contributed by atoms with van der Waals surface area (Å²) in [6.07, 6.45) is 0.456. The summed E-state index contributed by atoms with van der Waals surface area (Å²) in [7, 11) is 0. The second kappa shape index (κ2) is 8.40. The Morgan fingerprint density at radius 1 is 1.21 bits per heavy atom. The largest absolute Gasteiger partial charge is 0.394 e. The maximum absolute atomic E-state index is 14.2. The van der Waals surface area contributed by atoms with Gasteiger partial charge in [-0.25, -0.2) is 4.39 Å². The number of hydrogen-bond donors (Lipinski definition) is 3. The van der Waals surface area contributed by atoms with Crippen LogP contribution in [0, 0.1) is 5.82 Å². The Kier molecular flexibility index (Phi) is 5.88. The van der Waals surface area contributed by atoms with Crippen molar-refractivity contribution in [2.45, 2.75) is 37.8 Å². The maximum atomic E-state index is 14.2. The number of aliphatic hydroxyl groups is 1. The zero-order valence-electron chi connectivity index (χ0n) is 16.3. The van der Waals surface area contributed by atoms with Crippen molar-refractivity contribution >= 4 is 17.5 Å². The fraction of sp³-hybridized carbons (Fsp3) is 0.409. The number of fused-ring (bicyclic) bond motifs is 1. The topological polar surface area (TPSA) is 64.6 Å². The van der Waals surface area contributed by atoms with Gasteiger partial charge in [-0.1, -0.05) is 35.9 Å². The molecule has 0 saturated carbocycles. The molecule has 2 aromatic rings. The molecule has 2 atom stereocenters. The zero-order valence-corrected chi connectivity index (χ0v) is 17.0. The van der Waals surface area contributed by atoms with Gasteiger partial charge in [-0.15, -0.1) is 0 Å². The van der Waals surface area contributed by atoms with E-state index in [1.165, 1.54) is 23.3 Å². The Labute approximate surface area is 174 Å². The molecule has 0 aliphatic carbocycles. The van der Waals surface area contributed by atoms with E-state index in [4.69, 9.17) is 11.6 Å². The van der Waals surface area contributed by atoms with E-state index in [-0.39, 0.29) is 41.6 Å². The molecule has 2 aromatic carbocycles. The van der Waals surface area contributed by atoms with Crippen LogP contribution in [0.2, 0.25) is 5.02 Å². The van der Waals surface area contributed by atoms with E-state index in [1.54, 1.807) is 11.0 Å². The molecule has 5 nitrogen and oxygen atoms in total. The van der Waals surface area contributed by atoms with Crippen LogP contribution in [-0.2, 0) is 17.6 Å². The fourth-order valence-corrected chi connectivity index (χ4v) is 4.86. The number of rotatable bonds is 4. The van der Waals surface area contributed by atoms with E-state index in [0.29, 0.717) is 12.3 Å². The molecule has 0 bridgehead atoms. The molecule has 1 amide bonds. The van der Waals surface area contributed by atoms with Crippen LogP contribution in [0.4, 0.5) is 4.39 Å². The Morgan fingerprint density at radius 2 is 1.90 bits per heavy atom. The molecule has 2 aliphatic heterocycles. The Morgan fingerprint density at radius 3 is 2.59 bits per heavy atom. The number of halogens is 2. The van der Waals surface area contributed by atoms with E-state index < -0.39 is 5.82 Å². The molecule has 2 heterocycles. The standard InChI is InChI=1S/C22H25ClFN3O2/c1-13-16-4-2-5-17(14-10-25-26-11-14)18(16)8-15(12-28)27(13)22(29)9-19-20(23)6-3-7-21(19)24/h2-7,13-15,25-26,28H,8-12H2,1H3/t13-,15+/m0/s1. The number of hydrazine groups is 1. The van der Waals surface area contributed by atoms with Crippen molar-refractivity contribution in [3.63, 3.8) is 0 Å². The average molecular weight is 418 g/mol. The third-order valence-corrected chi connectivity index (χ3v) is 6.45. The number of nitrogens with zero attached hydrogens (tertiary/aromatic N) is 1. The van der Waals surface area contributed by atoms with Gasteiger partial charge in [0.1, 0.15) is 5.82 Å². The van der Waals surface area contributed by atoms with E-state index in [1.807, 2.05) is 19.1 Å². The van der Waals surface area contributed by atoms with Gasteiger partial charge >= 0.3 is 0 Å². The van der Waals surface area contributed by atoms with Crippen molar-refractivity contribution in [2.75, 3.05) is 19.7 Å². The highest BCUT2D eigenvalue weighted by molar-refractivity contribution is 6.31. The molecule has 0 aromatic heterocycles. The number of carbonyl (C=O) groups excluding carboxylic acids is 1. The van der Waals surface area contributed by atoms with Gasteiger partial charge in [0.05, 0.1) is 25.1 Å². The summed E-state index contributed by atoms with van der Waals surface area (Å²) in [5.41, 5.74) is 10.1. The van der Waals surface area contributed by atoms with Crippen molar-refractivity contribution in [1.29, 1.82) is 0 Å². The lowest BCUT2D eigenvalue weighted by Crippen LogP contribution is -2.49. The fourth-order valence-electron chi connectivity index (χ4n) is 4.63. The Balaban J connectivity index is 1.66. The van der Waals surface area contributed by atoms with Crippen LogP contribution in [0.3, 0.4) is 0 Å². The monoisotopic (exact) mass is 417 g/mol. The summed E-state index contributed by atoms with van der Waals surface area (Å²) in [4.78, 5) is 14.9. The first kappa shape index (κ1) is 20.3. The van der Waals surface area contributed by atoms with Gasteiger partial charge in [-0.2, -0.15) is 0 Å². The van der Waals surface area contributed by atoms with Crippen molar-refractivity contribution in [2.24, 2.45) is 0 Å². The van der Waals surface area contributed by atoms with Crippen LogP contribution >= 0.6 is 11.6 Å². The molecular weight excluding hydrogens is 393 g/mol. The van der Waals surface area contributed by atoms with Gasteiger partial charge in [-0.3, -0.25) is 15.6 Å². The van der Waals surface area contributed by atoms with Gasteiger partial charge in [0.2, 0.25) is 5.91 Å². The summed E-state index contributed by atoms with van der Waals surface area (Å²) < 4.78 is 14.2. The second-order valence-corrected chi connectivity index (χ2v) is 8.18. The molecule has 154 valence electrons. The zero-order chi connectivity index (χ0) is 20.5. The molecule has 0 radical (unpaired) electrons. The number of carbonyl (C=O) groups is 1. The van der Waals surface area contributed by atoms with Gasteiger partial charge < -0.3 is 10.0 Å². The lowest BCUT2D eigenvalue weighted by molar-refractivity contribution is -0.137. The normalized spacial score (nSPS) is 22.0. The highest BCUT2D eigenvalue weighted by Gasteiger charge is 2.37. The molecule has 1 fully saturated rings. The minimum Gasteiger partial charge on any atom is -0.394 e. The van der Waals surface area contributed by atoms with Crippen LogP contribution in [0.25, 0.3) is 0 Å². The summed E-state index contributed by atoms with van der Waals surface area (Å²) in [6.45, 7) is 3.53. The Bertz CT molecular complexity index is 897. The van der Waals surface area contributed by atoms with Crippen molar-refractivity contribution in [3.05, 3.63) is 69.5 Å². The summed E-state index contributed by atoms with van der Waals surface area (Å²) in [6, 6.07) is 10.1. The maximum Gasteiger partial charge on any atom is 0.228 e. The highest BCUT2D eigenvalue weighted by Crippen LogP contribution is 2.37. The van der Waals surface area contributed by atoms with Crippen molar-refractivity contribution in [1.82, 2.24) is 15.8 Å². The van der Waals surface area contributed by atoms with E-state index in [0.717, 1.165) is 18.7 Å². The number of nitrogens with one attached hydrogen (secondary N) is 2. The number of hydrogen-bond acceptors (Lipinski definition) is 4. The molecule has 3 N–H and O–H groups in total. The van der Waals surface area contributed by atoms with E-state index >= 15 is 0 Å². The molecule has 0 spiro atoms. The molecular formula is C22H25ClFN3O2. The van der Waals surface area contributed by atoms with E-state index in [2.05, 4.69) is 16.9 Å². The summed E-state index contributed by atoms with van der Waals surface area (Å²) in [5, 5.41) is 10.3. The minimum absolute atomic E-state index is 0.127. The van der Waals surface area contributed by atoms with E-state index in [9.17, 15) is 14.3 Å². The van der Waals surface area contributed by atoms with Gasteiger partial charge in [0.25, 0.3) is 0 Å². The third kappa shape index (κ3) is 3.78. The minimum atomic E-state index is -0.486. The van der Waals surface area contributed by atoms with Crippen molar-refractivity contribution < 1.29 is 14.3 Å². The lowest BCUT2D eigenvalue weighted by atomic mass is 9.82. The lowest BCUT2D eigenvalue weighted by Gasteiger charge is -2.42. The predicted octanol–water partition coefficient (Wildman–Crippen LogP) is 2.72. The third-order valence-electron chi connectivity index (χ3n) is 6.10. The molecule has 0 unspecified atom stereocenters. The second-order valence-electron chi connectivity index (χ2n) is 7.77. The van der Waals surface area contributed by atoms with Gasteiger partial charge in [0.15, 0.2) is 0 Å². The van der Waals surface area contributed by atoms with Crippen LogP contribution in [0.1, 0.15) is 41.1 Å². The smallest absolute Gasteiger partial charge is 0.228 e. The average Bonchev–Trinajstić information content (AvgIpc) is 3.24. The summed E-state index contributed by atoms with van der Waals surface area (Å²) >= 11 is 6.12. The van der Waals surface area contributed by atoms with Gasteiger partial charge in [0, 0.05) is 29.6 Å². The number of benzene rings is 2. The van der Waals surface area contributed by atoms with Gasteiger partial charge in [-0.05, 0) is 42.2 Å². The first-order valence-corrected chi connectivity index (χ1v) is 10.3. The molecule has 2 aliphatic rings. The van der Waals surface area contributed by atoms with Crippen LogP contribution in [0.15, 0.2) is 36.4 Å². The SMILES string of the molecule is C[C@H]1c2cccc(C3CNNC3)c2C[C@H](CO)N1C(=O)Cc1c(F)cccc1Cl. The first-order valence-electron chi connectivity index (χ1n) is 9.93. The van der Waals surface area contributed by atoms with Crippen LogP contribution in [0.5, 0.6) is 0 Å². The molecule has 29 heavy (non-hydrogen) atoms. The van der Waals surface area contributed by atoms with Crippen LogP contribution < -0.4 is 10.9 Å². The Hall–Kier alpha value is -1.99. The number of amides is 1. The van der Waals surface area contributed by atoms with Crippen molar-refractivity contribution in [3.8, 4) is 0 Å². The highest BCUT2D eigenvalue weighted by atomic mass is 35.5. The van der Waals surface area contributed by atoms with Crippen LogP contribution in [-0.4, -0.2) is 41.7 Å². The predicted molar refractivity (Wildman–Crippen MR) is 110 cm³/mol. The first-order chi connectivity index (χ1) is 14.0.